The molecule has 1 heterocycles. The average molecular weight is 409 g/mol. The number of hydrogen-bond donors (Lipinski definition) is 1. The topological polar surface area (TPSA) is 15.3 Å². The van der Waals surface area contributed by atoms with Crippen LogP contribution >= 0.6 is 0 Å². The summed E-state index contributed by atoms with van der Waals surface area (Å²) in [6.45, 7) is 3.42. The molecule has 2 atom stereocenters. The van der Waals surface area contributed by atoms with Crippen LogP contribution in [0.15, 0.2) is 84.9 Å². The molecule has 2 aliphatic rings. The van der Waals surface area contributed by atoms with Gasteiger partial charge in [0.2, 0.25) is 0 Å². The quantitative estimate of drug-likeness (QED) is 0.485. The highest BCUT2D eigenvalue weighted by Gasteiger charge is 2.39. The van der Waals surface area contributed by atoms with E-state index in [2.05, 4.69) is 107 Å². The molecule has 31 heavy (non-hydrogen) atoms. The van der Waals surface area contributed by atoms with Crippen molar-refractivity contribution in [3.05, 3.63) is 107 Å². The molecule has 0 bridgehead atoms. The van der Waals surface area contributed by atoms with Crippen molar-refractivity contribution in [2.75, 3.05) is 13.1 Å². The second-order valence-electron chi connectivity index (χ2n) is 9.07. The summed E-state index contributed by atoms with van der Waals surface area (Å²) in [5.74, 6) is 0.728. The van der Waals surface area contributed by atoms with Crippen molar-refractivity contribution in [3.8, 4) is 0 Å². The maximum atomic E-state index is 3.93. The molecule has 0 spiro atoms. The van der Waals surface area contributed by atoms with Crippen molar-refractivity contribution in [3.63, 3.8) is 0 Å². The highest BCUT2D eigenvalue weighted by Crippen LogP contribution is 2.41. The van der Waals surface area contributed by atoms with Crippen molar-refractivity contribution in [1.29, 1.82) is 0 Å². The Labute approximate surface area is 186 Å². The third-order valence-corrected chi connectivity index (χ3v) is 6.68. The first-order valence-corrected chi connectivity index (χ1v) is 11.7. The van der Waals surface area contributed by atoms with Crippen LogP contribution in [0.1, 0.15) is 47.4 Å². The van der Waals surface area contributed by atoms with Crippen molar-refractivity contribution < 1.29 is 0 Å². The summed E-state index contributed by atoms with van der Waals surface area (Å²) in [6, 6.07) is 31.8. The fourth-order valence-corrected chi connectivity index (χ4v) is 4.82. The molecule has 1 N–H and O–H groups in total. The average Bonchev–Trinajstić information content (AvgIpc) is 3.60. The Kier molecular flexibility index (Phi) is 6.29. The first-order chi connectivity index (χ1) is 15.3. The van der Waals surface area contributed by atoms with Gasteiger partial charge in [0.25, 0.3) is 0 Å². The molecule has 3 aromatic rings. The van der Waals surface area contributed by atoms with Gasteiger partial charge in [0, 0.05) is 24.5 Å². The molecule has 2 fully saturated rings. The maximum Gasteiger partial charge on any atom is 0.0233 e. The van der Waals surface area contributed by atoms with Gasteiger partial charge in [0.15, 0.2) is 0 Å². The third kappa shape index (κ3) is 5.52. The van der Waals surface area contributed by atoms with Gasteiger partial charge in [0.05, 0.1) is 0 Å². The molecule has 3 aromatic carbocycles. The Bertz CT molecular complexity index is 988. The van der Waals surface area contributed by atoms with E-state index in [-0.39, 0.29) is 0 Å². The number of benzene rings is 3. The normalized spacial score (nSPS) is 22.1. The van der Waals surface area contributed by atoms with Gasteiger partial charge in [-0.25, -0.2) is 0 Å². The highest BCUT2D eigenvalue weighted by atomic mass is 15.1. The summed E-state index contributed by atoms with van der Waals surface area (Å²) in [5, 5.41) is 3.93. The Balaban J connectivity index is 1.09. The zero-order valence-electron chi connectivity index (χ0n) is 18.2. The summed E-state index contributed by atoms with van der Waals surface area (Å²) in [4.78, 5) is 2.61. The van der Waals surface area contributed by atoms with Crippen LogP contribution in [0, 0.1) is 0 Å². The molecular formula is C29H32N2. The number of hydrogen-bond acceptors (Lipinski definition) is 2. The number of rotatable bonds is 7. The smallest absolute Gasteiger partial charge is 0.0233 e. The van der Waals surface area contributed by atoms with Crippen LogP contribution in [0.25, 0.3) is 12.2 Å². The van der Waals surface area contributed by atoms with Crippen LogP contribution in [-0.4, -0.2) is 30.1 Å². The predicted molar refractivity (Wildman–Crippen MR) is 131 cm³/mol. The van der Waals surface area contributed by atoms with Crippen LogP contribution in [0.3, 0.4) is 0 Å². The Morgan fingerprint density at radius 3 is 2.23 bits per heavy atom. The van der Waals surface area contributed by atoms with E-state index in [4.69, 9.17) is 0 Å². The van der Waals surface area contributed by atoms with Crippen molar-refractivity contribution in [2.45, 2.75) is 43.8 Å². The zero-order chi connectivity index (χ0) is 20.9. The van der Waals surface area contributed by atoms with E-state index in [1.165, 1.54) is 54.6 Å². The lowest BCUT2D eigenvalue weighted by Crippen LogP contribution is -2.43. The SMILES string of the molecule is C(=Cc1cccc(CN2CCC(N[C@@H]3C[C@H]3c3ccccc3)CC2)c1)c1ccccc1. The minimum Gasteiger partial charge on any atom is -0.311 e. The molecule has 1 aliphatic carbocycles. The standard InChI is InChI=1S/C29H32N2/c1-3-8-23(9-4-1)14-15-24-10-7-11-25(20-24)22-31-18-16-27(17-19-31)30-29-21-28(29)26-12-5-2-6-13-26/h1-15,20,27-30H,16-19,21-22H2/t28-,29+/m0/s1. The van der Waals surface area contributed by atoms with Crippen LogP contribution in [0.5, 0.6) is 0 Å². The van der Waals surface area contributed by atoms with Gasteiger partial charge in [0.1, 0.15) is 0 Å². The van der Waals surface area contributed by atoms with E-state index in [0.29, 0.717) is 12.1 Å². The second-order valence-corrected chi connectivity index (χ2v) is 9.07. The number of nitrogens with zero attached hydrogens (tertiary/aromatic N) is 1. The molecule has 2 heteroatoms. The molecule has 5 rings (SSSR count). The van der Waals surface area contributed by atoms with Gasteiger partial charge < -0.3 is 5.32 Å². The van der Waals surface area contributed by atoms with Crippen molar-refractivity contribution >= 4 is 12.2 Å². The van der Waals surface area contributed by atoms with Crippen LogP contribution in [0.4, 0.5) is 0 Å². The van der Waals surface area contributed by atoms with Gasteiger partial charge in [-0.15, -0.1) is 0 Å². The molecule has 1 aliphatic heterocycles. The first-order valence-electron chi connectivity index (χ1n) is 11.7. The lowest BCUT2D eigenvalue weighted by atomic mass is 10.0. The third-order valence-electron chi connectivity index (χ3n) is 6.68. The zero-order valence-corrected chi connectivity index (χ0v) is 18.2. The predicted octanol–water partition coefficient (Wildman–Crippen LogP) is 5.97. The minimum absolute atomic E-state index is 0.676. The number of likely N-dealkylation sites (tertiary alicyclic amines) is 1. The monoisotopic (exact) mass is 408 g/mol. The van der Waals surface area contributed by atoms with E-state index in [9.17, 15) is 0 Å². The lowest BCUT2D eigenvalue weighted by Gasteiger charge is -2.32. The largest absolute Gasteiger partial charge is 0.311 e. The molecular weight excluding hydrogens is 376 g/mol. The van der Waals surface area contributed by atoms with Gasteiger partial charge in [-0.2, -0.15) is 0 Å². The Morgan fingerprint density at radius 1 is 0.774 bits per heavy atom. The van der Waals surface area contributed by atoms with Gasteiger partial charge in [-0.1, -0.05) is 97.1 Å². The molecule has 0 aromatic heterocycles. The van der Waals surface area contributed by atoms with E-state index < -0.39 is 0 Å². The van der Waals surface area contributed by atoms with E-state index in [1.807, 2.05) is 0 Å². The molecule has 0 radical (unpaired) electrons. The van der Waals surface area contributed by atoms with Crippen LogP contribution in [-0.2, 0) is 6.54 Å². The van der Waals surface area contributed by atoms with E-state index in [0.717, 1.165) is 12.5 Å². The molecule has 1 saturated carbocycles. The fraction of sp³-hybridized carbons (Fsp3) is 0.310. The van der Waals surface area contributed by atoms with Crippen LogP contribution in [0.2, 0.25) is 0 Å². The van der Waals surface area contributed by atoms with Gasteiger partial charge in [-0.3, -0.25) is 4.90 Å². The number of piperidine rings is 1. The van der Waals surface area contributed by atoms with Crippen molar-refractivity contribution in [2.24, 2.45) is 0 Å². The molecule has 0 unspecified atom stereocenters. The molecule has 2 nitrogen and oxygen atoms in total. The first kappa shape index (κ1) is 20.2. The molecule has 0 amide bonds. The summed E-state index contributed by atoms with van der Waals surface area (Å²) >= 11 is 0. The summed E-state index contributed by atoms with van der Waals surface area (Å²) in [5.41, 5.74) is 5.43. The second kappa shape index (κ2) is 9.64. The van der Waals surface area contributed by atoms with Gasteiger partial charge in [-0.05, 0) is 54.6 Å². The van der Waals surface area contributed by atoms with E-state index in [1.54, 1.807) is 0 Å². The molecule has 1 saturated heterocycles. The summed E-state index contributed by atoms with van der Waals surface area (Å²) in [7, 11) is 0. The van der Waals surface area contributed by atoms with Crippen LogP contribution < -0.4 is 5.32 Å². The van der Waals surface area contributed by atoms with Crippen molar-refractivity contribution in [1.82, 2.24) is 10.2 Å². The summed E-state index contributed by atoms with van der Waals surface area (Å²) < 4.78 is 0. The Morgan fingerprint density at radius 2 is 1.45 bits per heavy atom. The van der Waals surface area contributed by atoms with Gasteiger partial charge >= 0.3 is 0 Å². The number of nitrogens with one attached hydrogen (secondary N) is 1. The van der Waals surface area contributed by atoms with E-state index >= 15 is 0 Å². The fourth-order valence-electron chi connectivity index (χ4n) is 4.82. The molecule has 158 valence electrons. The Hall–Kier alpha value is -2.68. The maximum absolute atomic E-state index is 3.93. The highest BCUT2D eigenvalue weighted by molar-refractivity contribution is 5.69. The minimum atomic E-state index is 0.676. The lowest BCUT2D eigenvalue weighted by molar-refractivity contribution is 0.189. The summed E-state index contributed by atoms with van der Waals surface area (Å²) in [6.07, 6.45) is 8.22.